The first-order chi connectivity index (χ1) is 9.13. The third-order valence-electron chi connectivity index (χ3n) is 2.38. The van der Waals surface area contributed by atoms with E-state index in [0.717, 1.165) is 10.1 Å². The van der Waals surface area contributed by atoms with Gasteiger partial charge in [0.2, 0.25) is 0 Å². The topological polar surface area (TPSA) is 41.1 Å². The Balaban J connectivity index is 2.20. The maximum absolute atomic E-state index is 12.1. The number of rotatable bonds is 3. The van der Waals surface area contributed by atoms with E-state index in [1.165, 1.54) is 11.3 Å². The summed E-state index contributed by atoms with van der Waals surface area (Å²) in [5.74, 6) is -0.298. The highest BCUT2D eigenvalue weighted by molar-refractivity contribution is 7.80. The van der Waals surface area contributed by atoms with Crippen LogP contribution in [0.5, 0.6) is 0 Å². The molecule has 2 aromatic rings. The maximum atomic E-state index is 12.1. The first-order valence-corrected chi connectivity index (χ1v) is 7.11. The molecule has 98 valence electrons. The van der Waals surface area contributed by atoms with Gasteiger partial charge in [-0.2, -0.15) is 0 Å². The monoisotopic (exact) mass is 310 g/mol. The lowest BCUT2D eigenvalue weighted by molar-refractivity contribution is 0.0981. The molecule has 0 aliphatic rings. The average Bonchev–Trinajstić information content (AvgIpc) is 2.74. The summed E-state index contributed by atoms with van der Waals surface area (Å²) in [5, 5.41) is 7.03. The number of fused-ring (bicyclic) bond motifs is 1. The van der Waals surface area contributed by atoms with Gasteiger partial charge in [-0.3, -0.25) is 10.1 Å². The Morgan fingerprint density at radius 1 is 1.47 bits per heavy atom. The van der Waals surface area contributed by atoms with Crippen molar-refractivity contribution in [2.45, 2.75) is 0 Å². The zero-order chi connectivity index (χ0) is 13.8. The van der Waals surface area contributed by atoms with Crippen LogP contribution >= 0.6 is 35.2 Å². The van der Waals surface area contributed by atoms with Gasteiger partial charge in [-0.1, -0.05) is 35.9 Å². The molecular weight excluding hydrogens is 300 g/mol. The van der Waals surface area contributed by atoms with Crippen molar-refractivity contribution in [1.29, 1.82) is 0 Å². The lowest BCUT2D eigenvalue weighted by Gasteiger charge is -2.06. The van der Waals surface area contributed by atoms with E-state index in [4.69, 9.17) is 23.8 Å². The molecule has 0 aliphatic heterocycles. The Bertz CT molecular complexity index is 651. The van der Waals surface area contributed by atoms with Crippen LogP contribution in [0, 0.1) is 0 Å². The van der Waals surface area contributed by atoms with Crippen LogP contribution in [-0.4, -0.2) is 17.6 Å². The molecule has 0 aliphatic carbocycles. The van der Waals surface area contributed by atoms with Gasteiger partial charge in [0, 0.05) is 16.6 Å². The number of hydrogen-bond acceptors (Lipinski definition) is 3. The van der Waals surface area contributed by atoms with Crippen molar-refractivity contribution in [3.8, 4) is 0 Å². The van der Waals surface area contributed by atoms with Gasteiger partial charge in [-0.05, 0) is 18.3 Å². The average molecular weight is 311 g/mol. The molecule has 0 saturated heterocycles. The molecule has 0 unspecified atom stereocenters. The largest absolute Gasteiger partial charge is 0.359 e. The van der Waals surface area contributed by atoms with Crippen LogP contribution in [0.4, 0.5) is 0 Å². The van der Waals surface area contributed by atoms with Crippen LogP contribution in [0.3, 0.4) is 0 Å². The van der Waals surface area contributed by atoms with Crippen molar-refractivity contribution in [3.63, 3.8) is 0 Å². The number of amides is 1. The summed E-state index contributed by atoms with van der Waals surface area (Å²) < 4.78 is 0.975. The number of benzene rings is 1. The summed E-state index contributed by atoms with van der Waals surface area (Å²) in [4.78, 5) is 12.5. The van der Waals surface area contributed by atoms with Gasteiger partial charge in [0.25, 0.3) is 5.91 Å². The van der Waals surface area contributed by atoms with Crippen LogP contribution in [0.1, 0.15) is 9.67 Å². The van der Waals surface area contributed by atoms with Crippen LogP contribution < -0.4 is 10.6 Å². The molecule has 0 spiro atoms. The van der Waals surface area contributed by atoms with Crippen LogP contribution in [0.15, 0.2) is 36.9 Å². The minimum Gasteiger partial charge on any atom is -0.359 e. The quantitative estimate of drug-likeness (QED) is 0.675. The molecule has 1 aromatic carbocycles. The van der Waals surface area contributed by atoms with E-state index in [0.29, 0.717) is 16.4 Å². The highest BCUT2D eigenvalue weighted by Gasteiger charge is 2.17. The Kier molecular flexibility index (Phi) is 4.52. The van der Waals surface area contributed by atoms with E-state index in [2.05, 4.69) is 17.2 Å². The summed E-state index contributed by atoms with van der Waals surface area (Å²) in [6.45, 7) is 4.06. The van der Waals surface area contributed by atoms with E-state index in [-0.39, 0.29) is 11.0 Å². The molecule has 3 nitrogen and oxygen atoms in total. The fraction of sp³-hybridized carbons (Fsp3) is 0.0769. The summed E-state index contributed by atoms with van der Waals surface area (Å²) in [7, 11) is 0. The second kappa shape index (κ2) is 6.14. The van der Waals surface area contributed by atoms with Crippen molar-refractivity contribution in [2.24, 2.45) is 0 Å². The molecule has 1 aromatic heterocycles. The number of thiophene rings is 1. The Labute approximate surface area is 125 Å². The predicted molar refractivity (Wildman–Crippen MR) is 85.1 cm³/mol. The maximum Gasteiger partial charge on any atom is 0.269 e. The zero-order valence-electron chi connectivity index (χ0n) is 9.90. The fourth-order valence-electron chi connectivity index (χ4n) is 1.53. The first kappa shape index (κ1) is 14.0. The normalized spacial score (nSPS) is 10.2. The number of carbonyl (C=O) groups is 1. The lowest BCUT2D eigenvalue weighted by Crippen LogP contribution is -2.39. The summed E-state index contributed by atoms with van der Waals surface area (Å²) >= 11 is 12.5. The van der Waals surface area contributed by atoms with Crippen LogP contribution in [-0.2, 0) is 0 Å². The molecule has 6 heteroatoms. The van der Waals surface area contributed by atoms with Gasteiger partial charge in [0.05, 0.1) is 5.02 Å². The third kappa shape index (κ3) is 3.12. The highest BCUT2D eigenvalue weighted by atomic mass is 35.5. The van der Waals surface area contributed by atoms with E-state index in [1.54, 1.807) is 6.08 Å². The minimum atomic E-state index is -0.298. The van der Waals surface area contributed by atoms with E-state index in [1.807, 2.05) is 24.3 Å². The van der Waals surface area contributed by atoms with Gasteiger partial charge in [0.1, 0.15) is 4.88 Å². The Morgan fingerprint density at radius 3 is 2.89 bits per heavy atom. The number of halogens is 1. The number of nitrogens with one attached hydrogen (secondary N) is 2. The van der Waals surface area contributed by atoms with Crippen molar-refractivity contribution in [1.82, 2.24) is 10.6 Å². The number of carbonyl (C=O) groups excluding carboxylic acids is 1. The highest BCUT2D eigenvalue weighted by Crippen LogP contribution is 2.34. The molecule has 0 fully saturated rings. The van der Waals surface area contributed by atoms with E-state index >= 15 is 0 Å². The molecule has 2 N–H and O–H groups in total. The zero-order valence-corrected chi connectivity index (χ0v) is 12.3. The first-order valence-electron chi connectivity index (χ1n) is 5.50. The second-order valence-corrected chi connectivity index (χ2v) is 5.53. The van der Waals surface area contributed by atoms with Gasteiger partial charge in [-0.25, -0.2) is 0 Å². The van der Waals surface area contributed by atoms with Crippen molar-refractivity contribution in [2.75, 3.05) is 6.54 Å². The minimum absolute atomic E-state index is 0.262. The lowest BCUT2D eigenvalue weighted by atomic mass is 10.2. The van der Waals surface area contributed by atoms with Crippen molar-refractivity contribution >= 4 is 56.3 Å². The van der Waals surface area contributed by atoms with Gasteiger partial charge < -0.3 is 5.32 Å². The van der Waals surface area contributed by atoms with Crippen LogP contribution in [0.2, 0.25) is 5.02 Å². The van der Waals surface area contributed by atoms with Crippen molar-refractivity contribution < 1.29 is 4.79 Å². The Hall–Kier alpha value is -1.43. The standard InChI is InChI=1S/C13H11ClN2OS2/c1-2-7-15-13(18)16-12(17)11-10(14)8-5-3-4-6-9(8)19-11/h2-6H,1,7H2,(H2,15,16,17,18). The van der Waals surface area contributed by atoms with Gasteiger partial charge >= 0.3 is 0 Å². The number of hydrogen-bond donors (Lipinski definition) is 2. The summed E-state index contributed by atoms with van der Waals surface area (Å²) in [5.41, 5.74) is 0. The predicted octanol–water partition coefficient (Wildman–Crippen LogP) is 3.35. The molecule has 1 amide bonds. The molecule has 1 heterocycles. The third-order valence-corrected chi connectivity index (χ3v) is 4.30. The van der Waals surface area contributed by atoms with E-state index < -0.39 is 0 Å². The van der Waals surface area contributed by atoms with Crippen LogP contribution in [0.25, 0.3) is 10.1 Å². The molecule has 0 bridgehead atoms. The fourth-order valence-corrected chi connectivity index (χ4v) is 3.12. The van der Waals surface area contributed by atoms with Crippen molar-refractivity contribution in [3.05, 3.63) is 46.8 Å². The molecule has 0 atom stereocenters. The smallest absolute Gasteiger partial charge is 0.269 e. The van der Waals surface area contributed by atoms with Gasteiger partial charge in [-0.15, -0.1) is 17.9 Å². The SMILES string of the molecule is C=CCNC(=S)NC(=O)c1sc2ccccc2c1Cl. The molecule has 0 radical (unpaired) electrons. The Morgan fingerprint density at radius 2 is 2.21 bits per heavy atom. The van der Waals surface area contributed by atoms with E-state index in [9.17, 15) is 4.79 Å². The summed E-state index contributed by atoms with van der Waals surface area (Å²) in [6, 6.07) is 7.61. The molecule has 0 saturated carbocycles. The van der Waals surface area contributed by atoms with Gasteiger partial charge in [0.15, 0.2) is 5.11 Å². The molecular formula is C13H11ClN2OS2. The molecule has 19 heavy (non-hydrogen) atoms. The summed E-state index contributed by atoms with van der Waals surface area (Å²) in [6.07, 6.45) is 1.66. The number of thiocarbonyl (C=S) groups is 1. The second-order valence-electron chi connectivity index (χ2n) is 3.69. The molecule has 2 rings (SSSR count).